The summed E-state index contributed by atoms with van der Waals surface area (Å²) in [4.78, 5) is 26.9. The molecule has 170 valence electrons. The summed E-state index contributed by atoms with van der Waals surface area (Å²) in [7, 11) is -1.68. The Labute approximate surface area is 188 Å². The van der Waals surface area contributed by atoms with Gasteiger partial charge in [-0.25, -0.2) is 13.4 Å². The maximum absolute atomic E-state index is 12.3. The number of nitrogens with one attached hydrogen (secondary N) is 2. The van der Waals surface area contributed by atoms with Gasteiger partial charge in [0.05, 0.1) is 15.6 Å². The number of imidazole rings is 1. The number of rotatable bonds is 10. The first kappa shape index (κ1) is 23.3. The van der Waals surface area contributed by atoms with Crippen molar-refractivity contribution in [1.29, 1.82) is 0 Å². The molecule has 3 aromatic rings. The van der Waals surface area contributed by atoms with Crippen LogP contribution in [0.3, 0.4) is 0 Å². The zero-order valence-corrected chi connectivity index (χ0v) is 18.9. The van der Waals surface area contributed by atoms with Crippen molar-refractivity contribution in [1.82, 2.24) is 14.9 Å². The Balaban J connectivity index is 1.51. The molecule has 2 N–H and O–H groups in total. The number of carbonyl (C=O) groups is 1. The van der Waals surface area contributed by atoms with Crippen molar-refractivity contribution >= 4 is 38.9 Å². The number of anilines is 1. The molecule has 0 fully saturated rings. The molecule has 0 radical (unpaired) electrons. The number of thioether (sulfide) groups is 1. The van der Waals surface area contributed by atoms with E-state index >= 15 is 0 Å². The van der Waals surface area contributed by atoms with Crippen molar-refractivity contribution in [2.24, 2.45) is 7.05 Å². The van der Waals surface area contributed by atoms with E-state index in [1.165, 1.54) is 23.9 Å². The van der Waals surface area contributed by atoms with Crippen LogP contribution < -0.4 is 10.6 Å². The summed E-state index contributed by atoms with van der Waals surface area (Å²) < 4.78 is 30.6. The fraction of sp³-hybridized carbons (Fsp3) is 0.263. The van der Waals surface area contributed by atoms with Gasteiger partial charge in [-0.3, -0.25) is 14.9 Å². The topological polar surface area (TPSA) is 149 Å². The van der Waals surface area contributed by atoms with Crippen LogP contribution in [0.4, 0.5) is 11.4 Å². The summed E-state index contributed by atoms with van der Waals surface area (Å²) in [6, 6.07) is 6.91. The van der Waals surface area contributed by atoms with Crippen molar-refractivity contribution in [2.75, 3.05) is 24.7 Å². The molecule has 1 aromatic carbocycles. The van der Waals surface area contributed by atoms with Gasteiger partial charge in [-0.2, -0.15) is 0 Å². The molecule has 0 aliphatic heterocycles. The number of hydrogen-bond donors (Lipinski definition) is 2. The van der Waals surface area contributed by atoms with E-state index in [9.17, 15) is 23.3 Å². The summed E-state index contributed by atoms with van der Waals surface area (Å²) in [6.45, 7) is 0.356. The SMILES string of the molecule is Cn1ccnc1SCc1ccc(C(=O)NCCNc2ccc(S(C)(=O)=O)cc2[N+](=O)[O-])o1. The minimum absolute atomic E-state index is 0.141. The van der Waals surface area contributed by atoms with Crippen LogP contribution in [0.2, 0.25) is 0 Å². The molecule has 0 unspecified atom stereocenters. The van der Waals surface area contributed by atoms with Crippen LogP contribution in [-0.2, 0) is 22.6 Å². The van der Waals surface area contributed by atoms with Crippen LogP contribution in [0.5, 0.6) is 0 Å². The molecule has 3 rings (SSSR count). The molecule has 0 atom stereocenters. The molecule has 32 heavy (non-hydrogen) atoms. The van der Waals surface area contributed by atoms with Gasteiger partial charge in [-0.05, 0) is 24.3 Å². The number of benzene rings is 1. The Hall–Kier alpha value is -3.32. The molecule has 0 aliphatic carbocycles. The summed E-state index contributed by atoms with van der Waals surface area (Å²) in [6.07, 6.45) is 4.52. The third-order valence-corrected chi connectivity index (χ3v) is 6.52. The summed E-state index contributed by atoms with van der Waals surface area (Å²) in [5, 5.41) is 17.6. The number of aryl methyl sites for hydroxylation is 1. The predicted molar refractivity (Wildman–Crippen MR) is 119 cm³/mol. The lowest BCUT2D eigenvalue weighted by molar-refractivity contribution is -0.384. The summed E-state index contributed by atoms with van der Waals surface area (Å²) >= 11 is 1.48. The molecular weight excluding hydrogens is 458 g/mol. The number of sulfone groups is 1. The van der Waals surface area contributed by atoms with E-state index in [1.54, 1.807) is 18.3 Å². The molecule has 0 spiro atoms. The number of aromatic nitrogens is 2. The highest BCUT2D eigenvalue weighted by Gasteiger charge is 2.18. The number of nitro benzene ring substituents is 1. The van der Waals surface area contributed by atoms with E-state index < -0.39 is 20.7 Å². The van der Waals surface area contributed by atoms with Gasteiger partial charge in [0.2, 0.25) is 0 Å². The standard InChI is InChI=1S/C19H21N5O6S2/c1-23-10-9-22-19(23)31-12-13-3-6-17(30-13)18(25)21-8-7-20-15-5-4-14(32(2,28)29)11-16(15)24(26)27/h3-6,9-11,20H,7-8,12H2,1-2H3,(H,21,25). The largest absolute Gasteiger partial charge is 0.455 e. The van der Waals surface area contributed by atoms with E-state index in [0.29, 0.717) is 11.5 Å². The van der Waals surface area contributed by atoms with E-state index in [0.717, 1.165) is 17.5 Å². The number of carbonyl (C=O) groups excluding carboxylic acids is 1. The molecule has 0 bridgehead atoms. The minimum Gasteiger partial charge on any atom is -0.455 e. The van der Waals surface area contributed by atoms with Crippen molar-refractivity contribution in [2.45, 2.75) is 15.8 Å². The van der Waals surface area contributed by atoms with Crippen LogP contribution in [0.25, 0.3) is 0 Å². The summed E-state index contributed by atoms with van der Waals surface area (Å²) in [5.41, 5.74) is -0.205. The van der Waals surface area contributed by atoms with Crippen molar-refractivity contribution in [3.8, 4) is 0 Å². The van der Waals surface area contributed by atoms with Gasteiger partial charge in [0.1, 0.15) is 11.4 Å². The number of nitrogens with zero attached hydrogens (tertiary/aromatic N) is 3. The van der Waals surface area contributed by atoms with Crippen molar-refractivity contribution in [3.63, 3.8) is 0 Å². The molecule has 0 saturated carbocycles. The molecule has 0 aliphatic rings. The van der Waals surface area contributed by atoms with Gasteiger partial charge in [0.25, 0.3) is 11.6 Å². The lowest BCUT2D eigenvalue weighted by Gasteiger charge is -2.09. The molecule has 1 amide bonds. The second-order valence-electron chi connectivity index (χ2n) is 6.77. The highest BCUT2D eigenvalue weighted by Crippen LogP contribution is 2.27. The average molecular weight is 480 g/mol. The molecule has 13 heteroatoms. The highest BCUT2D eigenvalue weighted by atomic mass is 32.2. The molecule has 2 aromatic heterocycles. The molecule has 11 nitrogen and oxygen atoms in total. The average Bonchev–Trinajstić information content (AvgIpc) is 3.37. The van der Waals surface area contributed by atoms with Gasteiger partial charge < -0.3 is 19.6 Å². The number of furan rings is 1. The fourth-order valence-corrected chi connectivity index (χ4v) is 4.17. The van der Waals surface area contributed by atoms with E-state index in [4.69, 9.17) is 4.42 Å². The van der Waals surface area contributed by atoms with Crippen LogP contribution in [0, 0.1) is 10.1 Å². The maximum Gasteiger partial charge on any atom is 0.293 e. The van der Waals surface area contributed by atoms with Crippen LogP contribution in [-0.4, -0.2) is 48.1 Å². The lowest BCUT2D eigenvalue weighted by Crippen LogP contribution is -2.28. The molecule has 0 saturated heterocycles. The smallest absolute Gasteiger partial charge is 0.293 e. The van der Waals surface area contributed by atoms with Gasteiger partial charge in [-0.1, -0.05) is 11.8 Å². The molecular formula is C19H21N5O6S2. The van der Waals surface area contributed by atoms with Crippen molar-refractivity contribution in [3.05, 3.63) is 64.4 Å². The first-order valence-corrected chi connectivity index (χ1v) is 12.2. The third kappa shape index (κ3) is 5.88. The Morgan fingerprint density at radius 1 is 1.28 bits per heavy atom. The predicted octanol–water partition coefficient (Wildman–Crippen LogP) is 2.46. The lowest BCUT2D eigenvalue weighted by atomic mass is 10.2. The Kier molecular flexibility index (Phi) is 7.20. The second kappa shape index (κ2) is 9.87. The van der Waals surface area contributed by atoms with Crippen LogP contribution in [0.15, 0.2) is 57.2 Å². The Bertz CT molecular complexity index is 1230. The van der Waals surface area contributed by atoms with Crippen LogP contribution in [0.1, 0.15) is 16.3 Å². The Morgan fingerprint density at radius 2 is 2.06 bits per heavy atom. The van der Waals surface area contributed by atoms with E-state index in [2.05, 4.69) is 15.6 Å². The monoisotopic (exact) mass is 479 g/mol. The van der Waals surface area contributed by atoms with Crippen LogP contribution >= 0.6 is 11.8 Å². The first-order valence-electron chi connectivity index (χ1n) is 9.34. The third-order valence-electron chi connectivity index (χ3n) is 4.33. The first-order chi connectivity index (χ1) is 15.1. The van der Waals surface area contributed by atoms with Gasteiger partial charge in [-0.15, -0.1) is 0 Å². The van der Waals surface area contributed by atoms with Crippen molar-refractivity contribution < 1.29 is 22.6 Å². The minimum atomic E-state index is -3.57. The van der Waals surface area contributed by atoms with E-state index in [1.807, 2.05) is 17.8 Å². The maximum atomic E-state index is 12.3. The quantitative estimate of drug-likeness (QED) is 0.193. The van der Waals surface area contributed by atoms with Gasteiger partial charge in [0, 0.05) is 44.9 Å². The number of hydrogen-bond acceptors (Lipinski definition) is 9. The number of nitro groups is 1. The van der Waals surface area contributed by atoms with Gasteiger partial charge in [0.15, 0.2) is 20.8 Å². The zero-order valence-electron chi connectivity index (χ0n) is 17.3. The molecule has 2 heterocycles. The Morgan fingerprint density at radius 3 is 2.72 bits per heavy atom. The van der Waals surface area contributed by atoms with E-state index in [-0.39, 0.29) is 35.1 Å². The highest BCUT2D eigenvalue weighted by molar-refractivity contribution is 7.98. The second-order valence-corrected chi connectivity index (χ2v) is 9.72. The van der Waals surface area contributed by atoms with Gasteiger partial charge >= 0.3 is 0 Å². The number of amides is 1. The summed E-state index contributed by atoms with van der Waals surface area (Å²) in [5.74, 6) is 0.890. The zero-order chi connectivity index (χ0) is 23.3. The fourth-order valence-electron chi connectivity index (χ4n) is 2.71. The normalized spacial score (nSPS) is 11.3.